The minimum Gasteiger partial charge on any atom is -0.465 e. The molecule has 46 heavy (non-hydrogen) atoms. The van der Waals surface area contributed by atoms with Crippen molar-refractivity contribution in [3.05, 3.63) is 168 Å². The number of benzene rings is 5. The number of furan rings is 1. The van der Waals surface area contributed by atoms with Crippen LogP contribution in [0.4, 0.5) is 11.4 Å². The Kier molecular flexibility index (Phi) is 9.37. The number of amides is 3. The van der Waals surface area contributed by atoms with E-state index in [1.54, 1.807) is 48.5 Å². The predicted octanol–water partition coefficient (Wildman–Crippen LogP) is 8.31. The smallest absolute Gasteiger partial charge is 0.272 e. The summed E-state index contributed by atoms with van der Waals surface area (Å²) >= 11 is 1.41. The Morgan fingerprint density at radius 2 is 1.33 bits per heavy atom. The summed E-state index contributed by atoms with van der Waals surface area (Å²) in [4.78, 5) is 40.6. The van der Waals surface area contributed by atoms with Gasteiger partial charge in [-0.05, 0) is 77.0 Å². The molecule has 0 saturated carbocycles. The normalized spacial score (nSPS) is 11.9. The maximum Gasteiger partial charge on any atom is 0.272 e. The Bertz CT molecular complexity index is 1990. The second-order valence-corrected chi connectivity index (χ2v) is 11.5. The fourth-order valence-corrected chi connectivity index (χ4v) is 5.81. The highest BCUT2D eigenvalue weighted by Crippen LogP contribution is 2.37. The minimum absolute atomic E-state index is 0.0248. The molecule has 0 radical (unpaired) electrons. The summed E-state index contributed by atoms with van der Waals surface area (Å²) in [5.41, 5.74) is 2.55. The Labute approximate surface area is 270 Å². The van der Waals surface area contributed by atoms with Crippen LogP contribution in [0, 0.1) is 0 Å². The van der Waals surface area contributed by atoms with E-state index in [9.17, 15) is 14.4 Å². The lowest BCUT2D eigenvalue weighted by Crippen LogP contribution is -2.30. The third kappa shape index (κ3) is 7.61. The molecular formula is C38H29N3O4S. The van der Waals surface area contributed by atoms with E-state index >= 15 is 0 Å². The molecule has 0 saturated heterocycles. The molecule has 8 heteroatoms. The highest BCUT2D eigenvalue weighted by Gasteiger charge is 2.23. The molecule has 0 aliphatic carbocycles. The van der Waals surface area contributed by atoms with Gasteiger partial charge in [0.2, 0.25) is 5.91 Å². The van der Waals surface area contributed by atoms with Gasteiger partial charge in [0.25, 0.3) is 11.8 Å². The van der Waals surface area contributed by atoms with E-state index < -0.39 is 17.1 Å². The lowest BCUT2D eigenvalue weighted by atomic mass is 10.1. The predicted molar refractivity (Wildman–Crippen MR) is 183 cm³/mol. The van der Waals surface area contributed by atoms with Gasteiger partial charge in [-0.1, -0.05) is 78.9 Å². The van der Waals surface area contributed by atoms with Crippen LogP contribution in [-0.2, 0) is 9.59 Å². The first-order valence-corrected chi connectivity index (χ1v) is 15.4. The SMILES string of the molecule is O=C(Nc1ccc(SC(C(=O)Nc2ccc3ccccc3c2)c2ccccc2)cc1)/C(=C/c1ccco1)NC(=O)c1ccccc1. The number of thioether (sulfide) groups is 1. The number of carbonyl (C=O) groups is 3. The van der Waals surface area contributed by atoms with E-state index in [2.05, 4.69) is 16.0 Å². The highest BCUT2D eigenvalue weighted by molar-refractivity contribution is 8.00. The molecule has 0 bridgehead atoms. The lowest BCUT2D eigenvalue weighted by Gasteiger charge is -2.18. The van der Waals surface area contributed by atoms with Gasteiger partial charge < -0.3 is 20.4 Å². The number of anilines is 2. The van der Waals surface area contributed by atoms with Gasteiger partial charge in [-0.2, -0.15) is 0 Å². The van der Waals surface area contributed by atoms with Crippen molar-refractivity contribution in [3.63, 3.8) is 0 Å². The summed E-state index contributed by atoms with van der Waals surface area (Å²) in [6.45, 7) is 0. The highest BCUT2D eigenvalue weighted by atomic mass is 32.2. The molecule has 6 aromatic rings. The molecule has 7 nitrogen and oxygen atoms in total. The fourth-order valence-electron chi connectivity index (χ4n) is 4.79. The largest absolute Gasteiger partial charge is 0.465 e. The molecule has 6 rings (SSSR count). The molecule has 0 aliphatic rings. The van der Waals surface area contributed by atoms with Crippen LogP contribution in [0.15, 0.2) is 161 Å². The molecule has 1 unspecified atom stereocenters. The third-order valence-corrected chi connectivity index (χ3v) is 8.35. The first-order chi connectivity index (χ1) is 22.5. The van der Waals surface area contributed by atoms with Crippen molar-refractivity contribution in [2.24, 2.45) is 0 Å². The zero-order valence-electron chi connectivity index (χ0n) is 24.6. The van der Waals surface area contributed by atoms with Crippen LogP contribution in [0.3, 0.4) is 0 Å². The van der Waals surface area contributed by atoms with Crippen LogP contribution in [0.25, 0.3) is 16.8 Å². The maximum atomic E-state index is 13.6. The summed E-state index contributed by atoms with van der Waals surface area (Å²) in [7, 11) is 0. The van der Waals surface area contributed by atoms with Crippen molar-refractivity contribution in [2.45, 2.75) is 10.1 Å². The number of rotatable bonds is 10. The molecule has 1 heterocycles. The zero-order chi connectivity index (χ0) is 31.7. The summed E-state index contributed by atoms with van der Waals surface area (Å²) < 4.78 is 5.37. The van der Waals surface area contributed by atoms with Crippen LogP contribution >= 0.6 is 11.8 Å². The Morgan fingerprint density at radius 3 is 2.04 bits per heavy atom. The molecule has 1 aromatic heterocycles. The average Bonchev–Trinajstić information content (AvgIpc) is 3.61. The van der Waals surface area contributed by atoms with Gasteiger partial charge in [0.15, 0.2) is 0 Å². The molecule has 3 N–H and O–H groups in total. The third-order valence-electron chi connectivity index (χ3n) is 7.08. The maximum absolute atomic E-state index is 13.6. The van der Waals surface area contributed by atoms with Crippen molar-refractivity contribution in [1.82, 2.24) is 5.32 Å². The molecule has 0 aliphatic heterocycles. The fraction of sp³-hybridized carbons (Fsp3) is 0.0263. The zero-order valence-corrected chi connectivity index (χ0v) is 25.4. The lowest BCUT2D eigenvalue weighted by molar-refractivity contribution is -0.116. The first kappa shape index (κ1) is 30.2. The number of fused-ring (bicyclic) bond motifs is 1. The summed E-state index contributed by atoms with van der Waals surface area (Å²) in [5.74, 6) is -0.669. The molecule has 3 amide bonds. The van der Waals surface area contributed by atoms with Crippen molar-refractivity contribution in [3.8, 4) is 0 Å². The monoisotopic (exact) mass is 623 g/mol. The van der Waals surface area contributed by atoms with E-state index in [1.165, 1.54) is 24.1 Å². The Balaban J connectivity index is 1.17. The Hall–Kier alpha value is -5.86. The molecule has 0 spiro atoms. The van der Waals surface area contributed by atoms with Gasteiger partial charge in [-0.25, -0.2) is 0 Å². The molecule has 0 fully saturated rings. The minimum atomic E-state index is -0.524. The summed E-state index contributed by atoms with van der Waals surface area (Å²) in [5, 5.41) is 10.2. The van der Waals surface area contributed by atoms with E-state index in [4.69, 9.17) is 4.42 Å². The van der Waals surface area contributed by atoms with E-state index in [0.29, 0.717) is 17.0 Å². The van der Waals surface area contributed by atoms with Crippen LogP contribution in [0.2, 0.25) is 0 Å². The van der Waals surface area contributed by atoms with Gasteiger partial charge in [-0.15, -0.1) is 11.8 Å². The van der Waals surface area contributed by atoms with Crippen LogP contribution in [0.1, 0.15) is 26.9 Å². The number of hydrogen-bond acceptors (Lipinski definition) is 5. The van der Waals surface area contributed by atoms with Crippen molar-refractivity contribution in [2.75, 3.05) is 10.6 Å². The summed E-state index contributed by atoms with van der Waals surface area (Å²) in [6, 6.07) is 42.7. The van der Waals surface area contributed by atoms with E-state index in [1.807, 2.05) is 91.0 Å². The Morgan fingerprint density at radius 1 is 0.652 bits per heavy atom. The van der Waals surface area contributed by atoms with Gasteiger partial charge in [0.05, 0.1) is 6.26 Å². The van der Waals surface area contributed by atoms with Gasteiger partial charge in [0.1, 0.15) is 16.7 Å². The molecular weight excluding hydrogens is 595 g/mol. The quantitative estimate of drug-likeness (QED) is 0.105. The van der Waals surface area contributed by atoms with Gasteiger partial charge >= 0.3 is 0 Å². The molecule has 5 aromatic carbocycles. The van der Waals surface area contributed by atoms with Crippen molar-refractivity contribution < 1.29 is 18.8 Å². The van der Waals surface area contributed by atoms with Crippen LogP contribution in [-0.4, -0.2) is 17.7 Å². The first-order valence-electron chi connectivity index (χ1n) is 14.6. The average molecular weight is 624 g/mol. The van der Waals surface area contributed by atoms with Gasteiger partial charge in [0, 0.05) is 27.9 Å². The number of carbonyl (C=O) groups excluding carboxylic acids is 3. The van der Waals surface area contributed by atoms with E-state index in [0.717, 1.165) is 26.9 Å². The number of hydrogen-bond donors (Lipinski definition) is 3. The van der Waals surface area contributed by atoms with Gasteiger partial charge in [-0.3, -0.25) is 14.4 Å². The number of nitrogens with one attached hydrogen (secondary N) is 3. The van der Waals surface area contributed by atoms with Crippen LogP contribution < -0.4 is 16.0 Å². The topological polar surface area (TPSA) is 100 Å². The van der Waals surface area contributed by atoms with Crippen molar-refractivity contribution in [1.29, 1.82) is 0 Å². The molecule has 226 valence electrons. The van der Waals surface area contributed by atoms with Crippen LogP contribution in [0.5, 0.6) is 0 Å². The van der Waals surface area contributed by atoms with E-state index in [-0.39, 0.29) is 11.6 Å². The second-order valence-electron chi connectivity index (χ2n) is 10.3. The second kappa shape index (κ2) is 14.3. The summed E-state index contributed by atoms with van der Waals surface area (Å²) in [6.07, 6.45) is 2.96. The standard InChI is InChI=1S/C38H29N3O4S/c42-36(28-13-5-2-6-14-28)41-34(25-32-16-9-23-45-32)37(43)39-30-19-21-33(22-20-30)46-35(27-11-3-1-4-12-27)38(44)40-31-18-17-26-10-7-8-15-29(26)24-31/h1-25,35H,(H,39,43)(H,40,44)(H,41,42)/b34-25-. The molecule has 1 atom stereocenters. The van der Waals surface area contributed by atoms with Crippen molar-refractivity contribution >= 4 is 57.7 Å².